The van der Waals surface area contributed by atoms with Gasteiger partial charge in [-0.25, -0.2) is 4.98 Å². The molecule has 0 saturated carbocycles. The average Bonchev–Trinajstić information content (AvgIpc) is 2.89. The van der Waals surface area contributed by atoms with Gasteiger partial charge in [0.25, 0.3) is 5.91 Å². The van der Waals surface area contributed by atoms with E-state index >= 15 is 0 Å². The molecule has 0 unspecified atom stereocenters. The lowest BCUT2D eigenvalue weighted by molar-refractivity contribution is -0.122. The molecule has 0 aliphatic carbocycles. The minimum absolute atomic E-state index is 0.153. The summed E-state index contributed by atoms with van der Waals surface area (Å²) in [6.07, 6.45) is 4.56. The second kappa shape index (κ2) is 11.3. The third kappa shape index (κ3) is 6.21. The maximum atomic E-state index is 12.2. The molecule has 2 N–H and O–H groups in total. The predicted molar refractivity (Wildman–Crippen MR) is 125 cm³/mol. The number of carbonyl (C=O) groups is 2. The highest BCUT2D eigenvalue weighted by atomic mass is 16.2. The molecule has 0 radical (unpaired) electrons. The van der Waals surface area contributed by atoms with E-state index in [4.69, 9.17) is 0 Å². The van der Waals surface area contributed by atoms with Crippen molar-refractivity contribution in [3.63, 3.8) is 0 Å². The first-order valence-corrected chi connectivity index (χ1v) is 11.1. The lowest BCUT2D eigenvalue weighted by Gasteiger charge is -2.39. The molecule has 33 heavy (non-hydrogen) atoms. The molecule has 1 aliphatic rings. The first-order chi connectivity index (χ1) is 16.2. The molecular formula is C25H28N6O2. The summed E-state index contributed by atoms with van der Waals surface area (Å²) >= 11 is 0. The maximum Gasteiger partial charge on any atom is 0.289 e. The van der Waals surface area contributed by atoms with Crippen molar-refractivity contribution in [2.45, 2.75) is 12.5 Å². The van der Waals surface area contributed by atoms with Gasteiger partial charge >= 0.3 is 0 Å². The van der Waals surface area contributed by atoms with Crippen LogP contribution in [-0.2, 0) is 4.79 Å². The van der Waals surface area contributed by atoms with Gasteiger partial charge in [-0.1, -0.05) is 60.7 Å². The molecule has 2 heterocycles. The zero-order valence-corrected chi connectivity index (χ0v) is 18.4. The summed E-state index contributed by atoms with van der Waals surface area (Å²) in [5.74, 6) is -0.723. The number of aromatic nitrogens is 2. The third-order valence-corrected chi connectivity index (χ3v) is 5.77. The van der Waals surface area contributed by atoms with E-state index in [2.05, 4.69) is 79.2 Å². The smallest absolute Gasteiger partial charge is 0.289 e. The zero-order chi connectivity index (χ0) is 22.9. The van der Waals surface area contributed by atoms with Crippen LogP contribution in [0.2, 0.25) is 0 Å². The molecule has 1 saturated heterocycles. The molecule has 2 amide bonds. The van der Waals surface area contributed by atoms with Crippen LogP contribution < -0.4 is 10.9 Å². The lowest BCUT2D eigenvalue weighted by Crippen LogP contribution is -2.49. The number of nitrogens with zero attached hydrogens (tertiary/aromatic N) is 4. The Morgan fingerprint density at radius 3 is 2.06 bits per heavy atom. The second-order valence-corrected chi connectivity index (χ2v) is 7.94. The van der Waals surface area contributed by atoms with Gasteiger partial charge in [0.1, 0.15) is 5.69 Å². The van der Waals surface area contributed by atoms with Gasteiger partial charge in [0.2, 0.25) is 5.91 Å². The van der Waals surface area contributed by atoms with E-state index < -0.39 is 5.91 Å². The predicted octanol–water partition coefficient (Wildman–Crippen LogP) is 2.03. The van der Waals surface area contributed by atoms with Crippen LogP contribution in [0, 0.1) is 0 Å². The fourth-order valence-electron chi connectivity index (χ4n) is 4.06. The van der Waals surface area contributed by atoms with Crippen molar-refractivity contribution >= 4 is 11.8 Å². The minimum Gasteiger partial charge on any atom is -0.300 e. The summed E-state index contributed by atoms with van der Waals surface area (Å²) in [4.78, 5) is 36.6. The Kier molecular flexibility index (Phi) is 7.73. The van der Waals surface area contributed by atoms with Crippen molar-refractivity contribution in [2.24, 2.45) is 0 Å². The van der Waals surface area contributed by atoms with Crippen LogP contribution in [0.5, 0.6) is 0 Å². The molecule has 0 bridgehead atoms. The molecule has 1 fully saturated rings. The van der Waals surface area contributed by atoms with Crippen molar-refractivity contribution in [1.82, 2.24) is 30.6 Å². The average molecular weight is 445 g/mol. The van der Waals surface area contributed by atoms with Crippen LogP contribution in [-0.4, -0.2) is 64.3 Å². The highest BCUT2D eigenvalue weighted by molar-refractivity contribution is 5.93. The van der Waals surface area contributed by atoms with E-state index in [1.807, 2.05) is 12.1 Å². The van der Waals surface area contributed by atoms with E-state index in [9.17, 15) is 9.59 Å². The summed E-state index contributed by atoms with van der Waals surface area (Å²) in [7, 11) is 0. The standard InChI is InChI=1S/C25H28N6O2/c32-23(28-29-25(33)22-19-26-12-13-27-22)11-14-30-15-17-31(18-16-30)24(20-7-3-1-4-8-20)21-9-5-2-6-10-21/h1-10,12-13,19,24H,11,14-18H2,(H,28,32)(H,29,33). The fraction of sp³-hybridized carbons (Fsp3) is 0.280. The number of carbonyl (C=O) groups excluding carboxylic acids is 2. The number of hydrazine groups is 1. The molecule has 3 aromatic rings. The summed E-state index contributed by atoms with van der Waals surface area (Å²) in [6.45, 7) is 4.24. The highest BCUT2D eigenvalue weighted by Gasteiger charge is 2.26. The Hall–Kier alpha value is -3.62. The lowest BCUT2D eigenvalue weighted by atomic mass is 9.96. The normalized spacial score (nSPS) is 14.7. The van der Waals surface area contributed by atoms with Gasteiger partial charge in [-0.2, -0.15) is 0 Å². The highest BCUT2D eigenvalue weighted by Crippen LogP contribution is 2.29. The van der Waals surface area contributed by atoms with Gasteiger partial charge < -0.3 is 4.90 Å². The largest absolute Gasteiger partial charge is 0.300 e. The van der Waals surface area contributed by atoms with E-state index in [0.29, 0.717) is 13.0 Å². The Bertz CT molecular complexity index is 985. The van der Waals surface area contributed by atoms with Crippen LogP contribution >= 0.6 is 0 Å². The van der Waals surface area contributed by atoms with Crippen LogP contribution in [0.3, 0.4) is 0 Å². The fourth-order valence-corrected chi connectivity index (χ4v) is 4.06. The van der Waals surface area contributed by atoms with Gasteiger partial charge in [-0.15, -0.1) is 0 Å². The molecule has 0 spiro atoms. The third-order valence-electron chi connectivity index (χ3n) is 5.77. The van der Waals surface area contributed by atoms with E-state index in [1.165, 1.54) is 29.7 Å². The Morgan fingerprint density at radius 2 is 1.48 bits per heavy atom. The van der Waals surface area contributed by atoms with E-state index in [0.717, 1.165) is 26.2 Å². The number of rotatable bonds is 7. The monoisotopic (exact) mass is 444 g/mol. The van der Waals surface area contributed by atoms with Crippen molar-refractivity contribution in [3.8, 4) is 0 Å². The Balaban J connectivity index is 1.26. The summed E-state index contributed by atoms with van der Waals surface area (Å²) < 4.78 is 0. The van der Waals surface area contributed by atoms with Gasteiger partial charge in [-0.05, 0) is 11.1 Å². The van der Waals surface area contributed by atoms with Gasteiger partial charge in [0, 0.05) is 51.5 Å². The summed E-state index contributed by atoms with van der Waals surface area (Å²) in [5.41, 5.74) is 7.55. The van der Waals surface area contributed by atoms with Gasteiger partial charge in [-0.3, -0.25) is 30.3 Å². The minimum atomic E-state index is -0.488. The number of piperazine rings is 1. The number of nitrogens with one attached hydrogen (secondary N) is 2. The first kappa shape index (κ1) is 22.6. The molecule has 8 nitrogen and oxygen atoms in total. The molecule has 8 heteroatoms. The van der Waals surface area contributed by atoms with Crippen LogP contribution in [0.25, 0.3) is 0 Å². The molecule has 0 atom stereocenters. The Labute approximate surface area is 193 Å². The topological polar surface area (TPSA) is 90.5 Å². The van der Waals surface area contributed by atoms with Crippen molar-refractivity contribution in [1.29, 1.82) is 0 Å². The van der Waals surface area contributed by atoms with Crippen LogP contribution in [0.4, 0.5) is 0 Å². The quantitative estimate of drug-likeness (QED) is 0.542. The number of hydrogen-bond donors (Lipinski definition) is 2. The summed E-state index contributed by atoms with van der Waals surface area (Å²) in [5, 5.41) is 0. The maximum absolute atomic E-state index is 12.2. The van der Waals surface area contributed by atoms with Gasteiger partial charge in [0.15, 0.2) is 0 Å². The zero-order valence-electron chi connectivity index (χ0n) is 18.4. The van der Waals surface area contributed by atoms with Crippen molar-refractivity contribution < 1.29 is 9.59 Å². The number of amides is 2. The molecule has 4 rings (SSSR count). The molecule has 1 aromatic heterocycles. The van der Waals surface area contributed by atoms with E-state index in [-0.39, 0.29) is 17.6 Å². The van der Waals surface area contributed by atoms with Gasteiger partial charge in [0.05, 0.1) is 12.2 Å². The molecular weight excluding hydrogens is 416 g/mol. The molecule has 2 aromatic carbocycles. The molecule has 1 aliphatic heterocycles. The van der Waals surface area contributed by atoms with Crippen molar-refractivity contribution in [2.75, 3.05) is 32.7 Å². The SMILES string of the molecule is O=C(CCN1CCN(C(c2ccccc2)c2ccccc2)CC1)NNC(=O)c1cnccn1. The number of benzene rings is 2. The Morgan fingerprint density at radius 1 is 0.848 bits per heavy atom. The number of hydrogen-bond acceptors (Lipinski definition) is 6. The second-order valence-electron chi connectivity index (χ2n) is 7.94. The van der Waals surface area contributed by atoms with Crippen LogP contribution in [0.1, 0.15) is 34.1 Å². The van der Waals surface area contributed by atoms with E-state index in [1.54, 1.807) is 0 Å². The molecule has 170 valence electrons. The first-order valence-electron chi connectivity index (χ1n) is 11.1. The summed E-state index contributed by atoms with van der Waals surface area (Å²) in [6, 6.07) is 21.4. The van der Waals surface area contributed by atoms with Crippen molar-refractivity contribution in [3.05, 3.63) is 96.1 Å². The van der Waals surface area contributed by atoms with Crippen LogP contribution in [0.15, 0.2) is 79.3 Å².